The Labute approximate surface area is 359 Å². The minimum Gasteiger partial charge on any atom is -0.501 e. The number of para-hydroxylation sites is 2. The third kappa shape index (κ3) is 8.21. The van der Waals surface area contributed by atoms with Gasteiger partial charge in [0.15, 0.2) is 0 Å². The van der Waals surface area contributed by atoms with E-state index in [9.17, 15) is 0 Å². The quantitative estimate of drug-likeness (QED) is 0.118. The van der Waals surface area contributed by atoms with Crippen molar-refractivity contribution in [2.45, 2.75) is 99.6 Å². The van der Waals surface area contributed by atoms with Crippen LogP contribution in [0.25, 0.3) is 61.3 Å². The van der Waals surface area contributed by atoms with Gasteiger partial charge in [-0.15, -0.1) is 53.6 Å². The molecular formula is C50H54IrN4OSi-2. The van der Waals surface area contributed by atoms with Crippen LogP contribution in [0, 0.1) is 32.8 Å². The molecule has 0 fully saturated rings. The summed E-state index contributed by atoms with van der Waals surface area (Å²) in [6.45, 7) is 21.5. The predicted molar refractivity (Wildman–Crippen MR) is 238 cm³/mol. The van der Waals surface area contributed by atoms with E-state index in [2.05, 4.69) is 118 Å². The van der Waals surface area contributed by atoms with Gasteiger partial charge < -0.3 is 14.0 Å². The number of pyridine rings is 2. The predicted octanol–water partition coefficient (Wildman–Crippen LogP) is 13.2. The van der Waals surface area contributed by atoms with Gasteiger partial charge >= 0.3 is 0 Å². The first-order chi connectivity index (χ1) is 28.1. The monoisotopic (exact) mass is 951 g/mol. The van der Waals surface area contributed by atoms with Gasteiger partial charge in [0, 0.05) is 48.6 Å². The zero-order chi connectivity index (χ0) is 43.5. The number of benzene rings is 4. The summed E-state index contributed by atoms with van der Waals surface area (Å²) >= 11 is 0. The molecular weight excluding hydrogens is 893 g/mol. The summed E-state index contributed by atoms with van der Waals surface area (Å²) in [6, 6.07) is 34.3. The van der Waals surface area contributed by atoms with Crippen LogP contribution in [0.2, 0.25) is 19.6 Å². The van der Waals surface area contributed by atoms with Crippen LogP contribution in [0.1, 0.15) is 98.4 Å². The SMILES string of the molecule is Cc1cc2nc(-c3[c-]ccc4c3oc3ccccc34)n(-c3c(C(C)C)cccc3C(C)C)c2c(C)n1.[2H]C([2H])([2H])c1c[c-]c(-c2cc(C([2H])(C)C)c([Si](C)(C)C)cn2)cc1.[Ir]. The largest absolute Gasteiger partial charge is 0.501 e. The molecule has 7 heteroatoms. The average molecular weight is 951 g/mol. The Balaban J connectivity index is 0.000000218. The van der Waals surface area contributed by atoms with E-state index in [0.29, 0.717) is 11.8 Å². The fraction of sp³-hybridized carbons (Fsp3) is 0.300. The molecule has 8 aromatic rings. The van der Waals surface area contributed by atoms with Crippen molar-refractivity contribution < 1.29 is 30.0 Å². The summed E-state index contributed by atoms with van der Waals surface area (Å²) in [7, 11) is -1.61. The van der Waals surface area contributed by atoms with Gasteiger partial charge in [-0.25, -0.2) is 0 Å². The van der Waals surface area contributed by atoms with E-state index in [0.717, 1.165) is 72.6 Å². The van der Waals surface area contributed by atoms with Crippen LogP contribution in [0.3, 0.4) is 0 Å². The van der Waals surface area contributed by atoms with Gasteiger partial charge in [-0.1, -0.05) is 127 Å². The molecule has 0 saturated carbocycles. The van der Waals surface area contributed by atoms with Gasteiger partial charge in [-0.2, -0.15) is 0 Å². The third-order valence-corrected chi connectivity index (χ3v) is 12.4. The van der Waals surface area contributed by atoms with Gasteiger partial charge in [0.1, 0.15) is 5.58 Å². The molecule has 4 heterocycles. The average Bonchev–Trinajstić information content (AvgIpc) is 3.75. The first-order valence-electron chi connectivity index (χ1n) is 21.5. The van der Waals surface area contributed by atoms with Crippen molar-refractivity contribution in [1.82, 2.24) is 19.5 Å². The van der Waals surface area contributed by atoms with Crippen LogP contribution in [-0.2, 0) is 20.1 Å². The first kappa shape index (κ1) is 36.6. The summed E-state index contributed by atoms with van der Waals surface area (Å²) in [4.78, 5) is 14.6. The fourth-order valence-corrected chi connectivity index (χ4v) is 9.22. The van der Waals surface area contributed by atoms with Crippen LogP contribution < -0.4 is 5.19 Å². The van der Waals surface area contributed by atoms with E-state index in [1.807, 2.05) is 51.2 Å². The maximum atomic E-state index is 8.48. The molecule has 0 N–H and O–H groups in total. The first-order valence-corrected chi connectivity index (χ1v) is 23.0. The summed E-state index contributed by atoms with van der Waals surface area (Å²) < 4.78 is 39.5. The smallest absolute Gasteiger partial charge is 0.120 e. The molecule has 0 atom stereocenters. The Hall–Kier alpha value is -4.68. The van der Waals surface area contributed by atoms with Gasteiger partial charge in [0.05, 0.1) is 36.2 Å². The van der Waals surface area contributed by atoms with E-state index in [-0.39, 0.29) is 25.7 Å². The molecule has 4 aromatic heterocycles. The van der Waals surface area contributed by atoms with Gasteiger partial charge in [-0.3, -0.25) is 9.97 Å². The van der Waals surface area contributed by atoms with E-state index < -0.39 is 20.8 Å². The van der Waals surface area contributed by atoms with Gasteiger partial charge in [0.25, 0.3) is 0 Å². The molecule has 0 amide bonds. The summed E-state index contributed by atoms with van der Waals surface area (Å²) in [5, 5.41) is 3.36. The van der Waals surface area contributed by atoms with Crippen LogP contribution in [0.4, 0.5) is 0 Å². The minimum absolute atomic E-state index is 0. The maximum Gasteiger partial charge on any atom is 0.120 e. The number of nitrogens with zero attached hydrogens (tertiary/aromatic N) is 4. The van der Waals surface area contributed by atoms with E-state index >= 15 is 0 Å². The standard InChI is InChI=1S/C32H30N3O.C18H24NSi.Ir/c1-18(2)22-12-9-13-23(19(3)4)30(22)35-29-21(6)33-20(5)17-27(29)34-32(35)26-15-10-14-25-24-11-7-8-16-28(24)36-31(25)26;1-13(2)16-11-17(15-9-7-14(3)8-10-15)19-12-18(16)20(4,5)6;/h7-14,16-19H,1-6H3;7-9,11-13H,1-6H3;/q2*-1;/i;3D3,13D;. The number of aryl methyl sites for hydroxylation is 3. The normalized spacial score (nSPS) is 13.3. The molecule has 4 aromatic carbocycles. The van der Waals surface area contributed by atoms with Crippen molar-refractivity contribution in [2.75, 3.05) is 0 Å². The summed E-state index contributed by atoms with van der Waals surface area (Å²) in [5.74, 6) is 0.800. The van der Waals surface area contributed by atoms with Crippen molar-refractivity contribution in [3.63, 3.8) is 0 Å². The molecule has 0 unspecified atom stereocenters. The number of hydrogen-bond acceptors (Lipinski definition) is 4. The van der Waals surface area contributed by atoms with E-state index in [4.69, 9.17) is 19.9 Å². The van der Waals surface area contributed by atoms with Crippen LogP contribution >= 0.6 is 0 Å². The van der Waals surface area contributed by atoms with Crippen molar-refractivity contribution in [3.05, 3.63) is 137 Å². The Morgan fingerprint density at radius 1 is 0.807 bits per heavy atom. The van der Waals surface area contributed by atoms with Crippen molar-refractivity contribution >= 4 is 46.2 Å². The summed E-state index contributed by atoms with van der Waals surface area (Å²) in [5.41, 5.74) is 12.9. The molecule has 57 heavy (non-hydrogen) atoms. The molecule has 0 spiro atoms. The summed E-state index contributed by atoms with van der Waals surface area (Å²) in [6.07, 6.45) is 1.89. The third-order valence-electron chi connectivity index (χ3n) is 10.4. The molecule has 0 aliphatic carbocycles. The number of hydrogen-bond donors (Lipinski definition) is 0. The molecule has 0 aliphatic rings. The van der Waals surface area contributed by atoms with Crippen molar-refractivity contribution in [2.24, 2.45) is 0 Å². The number of rotatable bonds is 7. The van der Waals surface area contributed by atoms with Crippen LogP contribution in [-0.4, -0.2) is 27.6 Å². The van der Waals surface area contributed by atoms with Gasteiger partial charge in [-0.05, 0) is 65.7 Å². The molecule has 0 aliphatic heterocycles. The van der Waals surface area contributed by atoms with Crippen LogP contribution in [0.15, 0.2) is 95.5 Å². The maximum absolute atomic E-state index is 8.48. The van der Waals surface area contributed by atoms with E-state index in [1.165, 1.54) is 28.1 Å². The topological polar surface area (TPSA) is 56.7 Å². The zero-order valence-electron chi connectivity index (χ0n) is 38.8. The second-order valence-corrected chi connectivity index (χ2v) is 21.7. The zero-order valence-corrected chi connectivity index (χ0v) is 38.2. The van der Waals surface area contributed by atoms with E-state index in [1.54, 1.807) is 12.1 Å². The second kappa shape index (κ2) is 16.7. The Bertz CT molecular complexity index is 2840. The minimum atomic E-state index is -2.13. The second-order valence-electron chi connectivity index (χ2n) is 16.6. The molecule has 0 saturated heterocycles. The number of furan rings is 1. The molecule has 0 bridgehead atoms. The Morgan fingerprint density at radius 3 is 2.16 bits per heavy atom. The number of imidazole rings is 1. The van der Waals surface area contributed by atoms with Crippen molar-refractivity contribution in [1.29, 1.82) is 0 Å². The number of aromatic nitrogens is 4. The molecule has 1 radical (unpaired) electrons. The Kier molecular flexibility index (Phi) is 10.7. The molecule has 5 nitrogen and oxygen atoms in total. The molecule has 8 rings (SSSR count). The van der Waals surface area contributed by atoms with Gasteiger partial charge in [0.2, 0.25) is 0 Å². The molecule has 295 valence electrons. The van der Waals surface area contributed by atoms with Crippen molar-refractivity contribution in [3.8, 4) is 28.3 Å². The fourth-order valence-electron chi connectivity index (χ4n) is 7.64. The number of fused-ring (bicyclic) bond motifs is 4. The van der Waals surface area contributed by atoms with Crippen LogP contribution in [0.5, 0.6) is 0 Å². The Morgan fingerprint density at radius 2 is 1.53 bits per heavy atom.